The van der Waals surface area contributed by atoms with Crippen LogP contribution in [0.25, 0.3) is 0 Å². The normalized spacial score (nSPS) is 30.3. The molecule has 7 N–H and O–H groups in total. The van der Waals surface area contributed by atoms with Gasteiger partial charge in [0, 0.05) is 16.1 Å². The molecule has 1 saturated carbocycles. The summed E-state index contributed by atoms with van der Waals surface area (Å²) in [5.74, 6) is -2.49. The first kappa shape index (κ1) is 22.6. The summed E-state index contributed by atoms with van der Waals surface area (Å²) >= 11 is 6.23. The van der Waals surface area contributed by atoms with E-state index in [1.54, 1.807) is 12.1 Å². The van der Waals surface area contributed by atoms with Crippen molar-refractivity contribution in [2.45, 2.75) is 54.7 Å². The average Bonchev–Trinajstić information content (AvgIpc) is 3.51. The molecule has 4 rings (SSSR count). The van der Waals surface area contributed by atoms with Gasteiger partial charge in [-0.25, -0.2) is 0 Å². The van der Waals surface area contributed by atoms with Crippen molar-refractivity contribution in [1.82, 2.24) is 0 Å². The van der Waals surface area contributed by atoms with Crippen molar-refractivity contribution < 1.29 is 40.5 Å². The third-order valence-electron chi connectivity index (χ3n) is 6.14. The van der Waals surface area contributed by atoms with Crippen molar-refractivity contribution in [2.24, 2.45) is 0 Å². The summed E-state index contributed by atoms with van der Waals surface area (Å²) in [7, 11) is 0. The van der Waals surface area contributed by atoms with E-state index in [0.29, 0.717) is 18.4 Å². The molecule has 2 aliphatic rings. The Kier molecular flexibility index (Phi) is 5.89. The molecule has 168 valence electrons. The van der Waals surface area contributed by atoms with Crippen molar-refractivity contribution in [3.63, 3.8) is 0 Å². The van der Waals surface area contributed by atoms with E-state index in [0.717, 1.165) is 0 Å². The number of rotatable bonds is 5. The molecule has 1 aliphatic carbocycles. The van der Waals surface area contributed by atoms with Crippen LogP contribution in [0.15, 0.2) is 42.5 Å². The average molecular weight is 453 g/mol. The van der Waals surface area contributed by atoms with E-state index in [2.05, 4.69) is 0 Å². The second-order valence-corrected chi connectivity index (χ2v) is 8.68. The monoisotopic (exact) mass is 452 g/mol. The van der Waals surface area contributed by atoms with Gasteiger partial charge in [0.05, 0.1) is 12.2 Å². The van der Waals surface area contributed by atoms with Gasteiger partial charge in [0.25, 0.3) is 0 Å². The summed E-state index contributed by atoms with van der Waals surface area (Å²) < 4.78 is 5.55. The Bertz CT molecular complexity index is 941. The molecule has 2 aromatic carbocycles. The van der Waals surface area contributed by atoms with Crippen molar-refractivity contribution in [3.8, 4) is 0 Å². The molecular formula is C22H25ClO8. The van der Waals surface area contributed by atoms with Crippen LogP contribution in [0.2, 0.25) is 5.02 Å². The standard InChI is InChI=1S/C22H25ClO8/c23-15-6-1-11(20-19(27)18(26)17(25)16(10-24)31-20)9-14(15)22(29,30)13-4-2-12(3-5-13)21(28)7-8-21/h1-6,9,16-20,24-30H,7-8,10H2. The van der Waals surface area contributed by atoms with Crippen molar-refractivity contribution in [3.05, 3.63) is 69.7 Å². The van der Waals surface area contributed by atoms with Gasteiger partial charge in [-0.2, -0.15) is 0 Å². The van der Waals surface area contributed by atoms with Gasteiger partial charge < -0.3 is 40.5 Å². The maximum Gasteiger partial charge on any atom is 0.218 e. The minimum Gasteiger partial charge on any atom is -0.394 e. The molecule has 9 heteroatoms. The summed E-state index contributed by atoms with van der Waals surface area (Å²) in [6.45, 7) is -0.579. The molecule has 1 heterocycles. The van der Waals surface area contributed by atoms with Gasteiger partial charge in [0.15, 0.2) is 0 Å². The molecule has 0 radical (unpaired) electrons. The molecule has 0 bridgehead atoms. The molecule has 2 aromatic rings. The lowest BCUT2D eigenvalue weighted by Gasteiger charge is -2.40. The van der Waals surface area contributed by atoms with Gasteiger partial charge in [-0.05, 0) is 36.1 Å². The number of aliphatic hydroxyl groups excluding tert-OH is 4. The molecule has 0 amide bonds. The number of hydrogen-bond donors (Lipinski definition) is 7. The van der Waals surface area contributed by atoms with E-state index in [1.807, 2.05) is 0 Å². The Hall–Kier alpha value is -1.59. The molecular weight excluding hydrogens is 428 g/mol. The quantitative estimate of drug-likeness (QED) is 0.314. The third kappa shape index (κ3) is 4.00. The summed E-state index contributed by atoms with van der Waals surface area (Å²) in [4.78, 5) is 0. The van der Waals surface area contributed by atoms with Crippen LogP contribution in [0.4, 0.5) is 0 Å². The molecule has 31 heavy (non-hydrogen) atoms. The highest BCUT2D eigenvalue weighted by Crippen LogP contribution is 2.46. The van der Waals surface area contributed by atoms with Gasteiger partial charge in [-0.3, -0.25) is 0 Å². The maximum atomic E-state index is 10.9. The van der Waals surface area contributed by atoms with Crippen LogP contribution in [0.3, 0.4) is 0 Å². The van der Waals surface area contributed by atoms with Crippen LogP contribution in [-0.2, 0) is 16.1 Å². The maximum absolute atomic E-state index is 10.9. The Labute approximate surface area is 183 Å². The van der Waals surface area contributed by atoms with E-state index in [9.17, 15) is 35.7 Å². The lowest BCUT2D eigenvalue weighted by Crippen LogP contribution is -2.55. The minimum atomic E-state index is -2.49. The zero-order valence-corrected chi connectivity index (χ0v) is 17.2. The molecule has 1 aliphatic heterocycles. The highest BCUT2D eigenvalue weighted by atomic mass is 35.5. The Morgan fingerprint density at radius 2 is 1.61 bits per heavy atom. The highest BCUT2D eigenvalue weighted by Gasteiger charge is 2.45. The fourth-order valence-corrected chi connectivity index (χ4v) is 4.19. The SMILES string of the molecule is OCC1OC(c2ccc(Cl)c(C(O)(O)c3ccc(C4(O)CC4)cc3)c2)C(O)C(O)C1O. The van der Waals surface area contributed by atoms with Crippen molar-refractivity contribution >= 4 is 11.6 Å². The first-order chi connectivity index (χ1) is 14.6. The lowest BCUT2D eigenvalue weighted by molar-refractivity contribution is -0.231. The highest BCUT2D eigenvalue weighted by molar-refractivity contribution is 6.31. The summed E-state index contributed by atoms with van der Waals surface area (Å²) in [5.41, 5.74) is 0.142. The zero-order chi connectivity index (χ0) is 22.6. The summed E-state index contributed by atoms with van der Waals surface area (Å²) in [6, 6.07) is 10.4. The van der Waals surface area contributed by atoms with Crippen LogP contribution >= 0.6 is 11.6 Å². The molecule has 5 atom stereocenters. The van der Waals surface area contributed by atoms with Crippen LogP contribution in [0.5, 0.6) is 0 Å². The van der Waals surface area contributed by atoms with Gasteiger partial charge >= 0.3 is 0 Å². The first-order valence-corrected chi connectivity index (χ1v) is 10.3. The van der Waals surface area contributed by atoms with Crippen LogP contribution < -0.4 is 0 Å². The first-order valence-electron chi connectivity index (χ1n) is 9.97. The molecule has 2 fully saturated rings. The van der Waals surface area contributed by atoms with Gasteiger partial charge in [-0.1, -0.05) is 41.9 Å². The van der Waals surface area contributed by atoms with Gasteiger partial charge in [-0.15, -0.1) is 0 Å². The summed E-state index contributed by atoms with van der Waals surface area (Å²) in [5, 5.41) is 71.8. The van der Waals surface area contributed by atoms with Crippen molar-refractivity contribution in [2.75, 3.05) is 6.61 Å². The topological polar surface area (TPSA) is 151 Å². The van der Waals surface area contributed by atoms with Crippen LogP contribution in [0.1, 0.15) is 41.2 Å². The van der Waals surface area contributed by atoms with Crippen LogP contribution in [-0.4, -0.2) is 66.8 Å². The predicted molar refractivity (Wildman–Crippen MR) is 109 cm³/mol. The van der Waals surface area contributed by atoms with E-state index in [-0.39, 0.29) is 21.7 Å². The largest absolute Gasteiger partial charge is 0.394 e. The Morgan fingerprint density at radius 3 is 2.19 bits per heavy atom. The number of ether oxygens (including phenoxy) is 1. The Morgan fingerprint density at radius 1 is 0.968 bits per heavy atom. The van der Waals surface area contributed by atoms with Gasteiger partial charge in [0.1, 0.15) is 30.5 Å². The van der Waals surface area contributed by atoms with Crippen molar-refractivity contribution in [1.29, 1.82) is 0 Å². The number of benzene rings is 2. The predicted octanol–water partition coefficient (Wildman–Crippen LogP) is 0.0220. The molecule has 1 saturated heterocycles. The fourth-order valence-electron chi connectivity index (χ4n) is 3.94. The third-order valence-corrected chi connectivity index (χ3v) is 6.46. The van der Waals surface area contributed by atoms with E-state index < -0.39 is 48.5 Å². The van der Waals surface area contributed by atoms with Gasteiger partial charge in [0.2, 0.25) is 5.79 Å². The molecule has 0 spiro atoms. The fraction of sp³-hybridized carbons (Fsp3) is 0.455. The second-order valence-electron chi connectivity index (χ2n) is 8.27. The number of halogens is 1. The van der Waals surface area contributed by atoms with E-state index >= 15 is 0 Å². The minimum absolute atomic E-state index is 0.0447. The van der Waals surface area contributed by atoms with E-state index in [4.69, 9.17) is 16.3 Å². The van der Waals surface area contributed by atoms with E-state index in [1.165, 1.54) is 30.3 Å². The Balaban J connectivity index is 1.67. The molecule has 8 nitrogen and oxygen atoms in total. The number of aliphatic hydroxyl groups is 7. The molecule has 5 unspecified atom stereocenters. The summed E-state index contributed by atoms with van der Waals surface area (Å²) in [6.07, 6.45) is -5.52. The van der Waals surface area contributed by atoms with Crippen LogP contribution in [0, 0.1) is 0 Å². The lowest BCUT2D eigenvalue weighted by atomic mass is 9.88. The smallest absolute Gasteiger partial charge is 0.218 e. The molecule has 0 aromatic heterocycles. The second kappa shape index (κ2) is 8.08. The number of hydrogen-bond acceptors (Lipinski definition) is 8. The zero-order valence-electron chi connectivity index (χ0n) is 16.5.